The number of hydrogen-bond acceptors (Lipinski definition) is 22. The summed E-state index contributed by atoms with van der Waals surface area (Å²) < 4.78 is 39.8. The standard InChI is InChI=1S/C36H65NO21/c1-16(40)7-4-3-5-9-37(10-6-8-18-23(42)27(46)22(41)17(2)54-18)11-12-52-35-32(51)33(58-36-31(50)29(48)25(44)20(14-39)56-36)26(45)21(57-35)15-53-34-30(49)28(47)24(43)19(13-38)55-34/h17-36,38-39,41-51H,3-15H2,1-2H3/t17-,18-,19+,20+,21+,22+,23+,24+,25+,26+,27+,28-,29-,30-,31-,32-,33-,34-,35-,36+/m0/s1. The highest BCUT2D eigenvalue weighted by molar-refractivity contribution is 5.75. The SMILES string of the molecule is CC(=O)CCCCCN(CCC[C@@H]1O[C@@H](C)[C@@H](O)[C@@H](O)[C@@H]1O)CCO[C@H]1O[C@H](CO[C@H]2O[C@H](CO)[C@@H](O)[C@H](O)[C@@H]2O)[C@@H](O)[C@H](O[C@H]2O[C@H](CO)[C@@H](O)[C@H](O)[C@@H]2O)[C@@H]1O. The van der Waals surface area contributed by atoms with Crippen LogP contribution >= 0.6 is 0 Å². The highest BCUT2D eigenvalue weighted by Crippen LogP contribution is 2.31. The summed E-state index contributed by atoms with van der Waals surface area (Å²) >= 11 is 0. The molecule has 22 nitrogen and oxygen atoms in total. The normalized spacial score (nSPS) is 43.8. The average Bonchev–Trinajstić information content (AvgIpc) is 3.19. The third kappa shape index (κ3) is 12.7. The first kappa shape index (κ1) is 49.5. The van der Waals surface area contributed by atoms with Crippen LogP contribution in [0.15, 0.2) is 0 Å². The van der Waals surface area contributed by atoms with E-state index < -0.39 is 142 Å². The largest absolute Gasteiger partial charge is 0.394 e. The number of unbranched alkanes of at least 4 members (excludes halogenated alkanes) is 2. The van der Waals surface area contributed by atoms with Gasteiger partial charge in [-0.1, -0.05) is 6.42 Å². The van der Waals surface area contributed by atoms with Crippen LogP contribution in [0.2, 0.25) is 0 Å². The van der Waals surface area contributed by atoms with Gasteiger partial charge in [0.25, 0.3) is 0 Å². The summed E-state index contributed by atoms with van der Waals surface area (Å²) in [6.07, 6.45) is -26.8. The zero-order valence-corrected chi connectivity index (χ0v) is 32.8. The Labute approximate surface area is 336 Å². The molecule has 4 rings (SSSR count). The summed E-state index contributed by atoms with van der Waals surface area (Å²) in [5, 5.41) is 135. The van der Waals surface area contributed by atoms with Gasteiger partial charge in [0, 0.05) is 13.0 Å². The first-order chi connectivity index (χ1) is 27.5. The average molecular weight is 848 g/mol. The van der Waals surface area contributed by atoms with Crippen molar-refractivity contribution in [3.05, 3.63) is 0 Å². The van der Waals surface area contributed by atoms with Crippen molar-refractivity contribution in [2.45, 2.75) is 175 Å². The number of hydrogen-bond donors (Lipinski definition) is 13. The zero-order valence-electron chi connectivity index (χ0n) is 32.8. The maximum atomic E-state index is 11.4. The smallest absolute Gasteiger partial charge is 0.187 e. The third-order valence-corrected chi connectivity index (χ3v) is 11.2. The predicted octanol–water partition coefficient (Wildman–Crippen LogP) is -6.45. The highest BCUT2D eigenvalue weighted by atomic mass is 16.7. The lowest BCUT2D eigenvalue weighted by Gasteiger charge is -2.46. The Bertz CT molecular complexity index is 1210. The topological polar surface area (TPSA) is 348 Å². The lowest BCUT2D eigenvalue weighted by Crippen LogP contribution is -2.65. The third-order valence-electron chi connectivity index (χ3n) is 11.2. The Morgan fingerprint density at radius 1 is 0.534 bits per heavy atom. The Balaban J connectivity index is 1.44. The molecule has 4 aliphatic rings. The number of carbonyl (C=O) groups excluding carboxylic acids is 1. The van der Waals surface area contributed by atoms with Crippen LogP contribution < -0.4 is 0 Å². The van der Waals surface area contributed by atoms with E-state index in [1.54, 1.807) is 6.92 Å². The van der Waals surface area contributed by atoms with Gasteiger partial charge >= 0.3 is 0 Å². The number of ether oxygens (including phenoxy) is 7. The Kier molecular flexibility index (Phi) is 19.9. The maximum Gasteiger partial charge on any atom is 0.187 e. The van der Waals surface area contributed by atoms with Crippen molar-refractivity contribution < 1.29 is 104 Å². The van der Waals surface area contributed by atoms with Gasteiger partial charge in [-0.2, -0.15) is 0 Å². The van der Waals surface area contributed by atoms with E-state index in [9.17, 15) is 71.2 Å². The summed E-state index contributed by atoms with van der Waals surface area (Å²) in [6.45, 7) is 2.22. The fourth-order valence-corrected chi connectivity index (χ4v) is 7.48. The minimum Gasteiger partial charge on any atom is -0.394 e. The van der Waals surface area contributed by atoms with Crippen LogP contribution in [0.25, 0.3) is 0 Å². The van der Waals surface area contributed by atoms with Crippen LogP contribution in [0.3, 0.4) is 0 Å². The molecule has 22 heteroatoms. The zero-order chi connectivity index (χ0) is 42.8. The number of aliphatic hydroxyl groups is 13. The van der Waals surface area contributed by atoms with Crippen molar-refractivity contribution >= 4 is 5.78 Å². The molecule has 0 saturated carbocycles. The molecule has 0 unspecified atom stereocenters. The summed E-state index contributed by atoms with van der Waals surface area (Å²) in [4.78, 5) is 13.5. The minimum atomic E-state index is -1.90. The number of aliphatic hydroxyl groups excluding tert-OH is 13. The number of rotatable bonds is 21. The molecule has 0 aromatic rings. The number of carbonyl (C=O) groups is 1. The molecular formula is C36H65NO21. The van der Waals surface area contributed by atoms with Crippen LogP contribution in [0.5, 0.6) is 0 Å². The van der Waals surface area contributed by atoms with Crippen LogP contribution in [-0.4, -0.2) is 246 Å². The molecular weight excluding hydrogens is 782 g/mol. The van der Waals surface area contributed by atoms with Gasteiger partial charge in [-0.3, -0.25) is 0 Å². The first-order valence-electron chi connectivity index (χ1n) is 19.9. The molecule has 0 radical (unpaired) electrons. The molecule has 0 aromatic heterocycles. The minimum absolute atomic E-state index is 0.0805. The maximum absolute atomic E-state index is 11.4. The summed E-state index contributed by atoms with van der Waals surface area (Å²) in [6, 6.07) is 0. The molecule has 4 heterocycles. The quantitative estimate of drug-likeness (QED) is 0.0478. The molecule has 4 aliphatic heterocycles. The van der Waals surface area contributed by atoms with Gasteiger partial charge in [0.2, 0.25) is 0 Å². The second-order valence-electron chi connectivity index (χ2n) is 15.6. The van der Waals surface area contributed by atoms with Crippen LogP contribution in [0, 0.1) is 0 Å². The van der Waals surface area contributed by atoms with Gasteiger partial charge in [0.15, 0.2) is 18.9 Å². The van der Waals surface area contributed by atoms with E-state index in [-0.39, 0.29) is 18.9 Å². The summed E-state index contributed by atoms with van der Waals surface area (Å²) in [7, 11) is 0. The van der Waals surface area contributed by atoms with E-state index in [4.69, 9.17) is 33.2 Å². The van der Waals surface area contributed by atoms with Crippen molar-refractivity contribution in [2.24, 2.45) is 0 Å². The van der Waals surface area contributed by atoms with E-state index in [0.29, 0.717) is 38.8 Å². The van der Waals surface area contributed by atoms with Crippen molar-refractivity contribution in [3.63, 3.8) is 0 Å². The molecule has 4 fully saturated rings. The van der Waals surface area contributed by atoms with Gasteiger partial charge in [0.05, 0.1) is 38.6 Å². The Hall–Kier alpha value is -1.17. The van der Waals surface area contributed by atoms with Gasteiger partial charge in [-0.05, 0) is 52.6 Å². The van der Waals surface area contributed by atoms with Crippen LogP contribution in [-0.2, 0) is 38.0 Å². The molecule has 0 aliphatic carbocycles. The fraction of sp³-hybridized carbons (Fsp3) is 0.972. The highest BCUT2D eigenvalue weighted by Gasteiger charge is 2.52. The number of nitrogens with zero attached hydrogens (tertiary/aromatic N) is 1. The summed E-state index contributed by atoms with van der Waals surface area (Å²) in [5.74, 6) is 0.0831. The van der Waals surface area contributed by atoms with E-state index in [0.717, 1.165) is 12.8 Å². The Morgan fingerprint density at radius 3 is 1.69 bits per heavy atom. The van der Waals surface area contributed by atoms with Crippen molar-refractivity contribution in [2.75, 3.05) is 46.1 Å². The van der Waals surface area contributed by atoms with E-state index in [1.807, 2.05) is 4.90 Å². The van der Waals surface area contributed by atoms with E-state index in [2.05, 4.69) is 0 Å². The molecule has 0 aromatic carbocycles. The number of Topliss-reactive ketones (excluding diaryl/α,β-unsaturated/α-hetero) is 1. The van der Waals surface area contributed by atoms with Crippen LogP contribution in [0.4, 0.5) is 0 Å². The fourth-order valence-electron chi connectivity index (χ4n) is 7.48. The van der Waals surface area contributed by atoms with Gasteiger partial charge < -0.3 is 109 Å². The molecule has 13 N–H and O–H groups in total. The van der Waals surface area contributed by atoms with E-state index in [1.165, 1.54) is 6.92 Å². The van der Waals surface area contributed by atoms with Crippen molar-refractivity contribution in [1.82, 2.24) is 4.90 Å². The molecule has 58 heavy (non-hydrogen) atoms. The molecule has 4 saturated heterocycles. The first-order valence-corrected chi connectivity index (χ1v) is 19.9. The van der Waals surface area contributed by atoms with Gasteiger partial charge in [0.1, 0.15) is 97.3 Å². The second-order valence-corrected chi connectivity index (χ2v) is 15.6. The van der Waals surface area contributed by atoms with Gasteiger partial charge in [-0.15, -0.1) is 0 Å². The van der Waals surface area contributed by atoms with E-state index >= 15 is 0 Å². The lowest BCUT2D eigenvalue weighted by molar-refractivity contribution is -0.366. The summed E-state index contributed by atoms with van der Waals surface area (Å²) in [5.41, 5.74) is 0. The predicted molar refractivity (Wildman–Crippen MR) is 192 cm³/mol. The monoisotopic (exact) mass is 847 g/mol. The molecule has 20 atom stereocenters. The molecule has 0 amide bonds. The van der Waals surface area contributed by atoms with Crippen molar-refractivity contribution in [3.8, 4) is 0 Å². The molecule has 0 bridgehead atoms. The Morgan fingerprint density at radius 2 is 1.07 bits per heavy atom. The second kappa shape index (κ2) is 23.3. The van der Waals surface area contributed by atoms with Crippen LogP contribution in [0.1, 0.15) is 52.4 Å². The molecule has 340 valence electrons. The molecule has 0 spiro atoms. The number of ketones is 1. The van der Waals surface area contributed by atoms with Gasteiger partial charge in [-0.25, -0.2) is 0 Å². The van der Waals surface area contributed by atoms with Crippen molar-refractivity contribution in [1.29, 1.82) is 0 Å². The lowest BCUT2D eigenvalue weighted by atomic mass is 9.93.